The van der Waals surface area contributed by atoms with E-state index in [1.165, 1.54) is 12.1 Å². The van der Waals surface area contributed by atoms with Gasteiger partial charge in [-0.15, -0.1) is 0 Å². The second-order valence-corrected chi connectivity index (χ2v) is 5.32. The molecule has 3 nitrogen and oxygen atoms in total. The molecule has 1 heterocycles. The van der Waals surface area contributed by atoms with E-state index >= 15 is 0 Å². The van der Waals surface area contributed by atoms with E-state index in [1.807, 2.05) is 17.9 Å². The number of nitrogens with zero attached hydrogens (tertiary/aromatic N) is 1. The third-order valence-electron chi connectivity index (χ3n) is 3.64. The van der Waals surface area contributed by atoms with Gasteiger partial charge in [0.25, 0.3) is 0 Å². The Bertz CT molecular complexity index is 450. The van der Waals surface area contributed by atoms with Crippen molar-refractivity contribution < 1.29 is 9.18 Å². The quantitative estimate of drug-likeness (QED) is 0.903. The summed E-state index contributed by atoms with van der Waals surface area (Å²) in [6.07, 6.45) is 0.591. The Balaban J connectivity index is 1.99. The van der Waals surface area contributed by atoms with Gasteiger partial charge in [-0.25, -0.2) is 4.39 Å². The molecule has 1 N–H and O–H groups in total. The van der Waals surface area contributed by atoms with E-state index in [0.29, 0.717) is 6.42 Å². The fourth-order valence-electron chi connectivity index (χ4n) is 2.56. The number of halogens is 1. The van der Waals surface area contributed by atoms with Crippen molar-refractivity contribution in [3.05, 3.63) is 35.6 Å². The molecule has 104 valence electrons. The highest BCUT2D eigenvalue weighted by molar-refractivity contribution is 5.79. The Morgan fingerprint density at radius 2 is 2.37 bits per heavy atom. The summed E-state index contributed by atoms with van der Waals surface area (Å²) in [4.78, 5) is 14.3. The van der Waals surface area contributed by atoms with E-state index in [2.05, 4.69) is 12.2 Å². The number of hydrogen-bond donors (Lipinski definition) is 1. The minimum Gasteiger partial charge on any atom is -0.337 e. The second kappa shape index (κ2) is 6.15. The van der Waals surface area contributed by atoms with Crippen LogP contribution < -0.4 is 5.32 Å². The number of nitrogens with one attached hydrogen (secondary N) is 1. The minimum atomic E-state index is -0.243. The number of hydrogen-bond acceptors (Lipinski definition) is 2. The lowest BCUT2D eigenvalue weighted by Gasteiger charge is -2.35. The molecule has 0 saturated carbocycles. The van der Waals surface area contributed by atoms with Crippen LogP contribution in [0.5, 0.6) is 0 Å². The van der Waals surface area contributed by atoms with Gasteiger partial charge in [-0.3, -0.25) is 4.79 Å². The van der Waals surface area contributed by atoms with Crippen molar-refractivity contribution in [3.8, 4) is 0 Å². The Labute approximate surface area is 113 Å². The molecule has 0 bridgehead atoms. The van der Waals surface area contributed by atoms with E-state index in [9.17, 15) is 9.18 Å². The Morgan fingerprint density at radius 1 is 1.58 bits per heavy atom. The molecule has 0 aliphatic carbocycles. The van der Waals surface area contributed by atoms with Crippen LogP contribution in [0.25, 0.3) is 0 Å². The average Bonchev–Trinajstić information content (AvgIpc) is 2.38. The molecule has 1 aliphatic rings. The van der Waals surface area contributed by atoms with Crippen molar-refractivity contribution in [1.29, 1.82) is 0 Å². The van der Waals surface area contributed by atoms with Crippen LogP contribution in [0.3, 0.4) is 0 Å². The normalized spacial score (nSPS) is 21.2. The number of piperazine rings is 1. The molecule has 0 spiro atoms. The number of benzene rings is 1. The van der Waals surface area contributed by atoms with E-state index < -0.39 is 0 Å². The maximum Gasteiger partial charge on any atom is 0.226 e. The summed E-state index contributed by atoms with van der Waals surface area (Å²) in [6, 6.07) is 6.72. The first-order chi connectivity index (χ1) is 9.08. The first-order valence-electron chi connectivity index (χ1n) is 6.83. The number of carbonyl (C=O) groups is 1. The van der Waals surface area contributed by atoms with Crippen molar-refractivity contribution in [2.24, 2.45) is 5.92 Å². The van der Waals surface area contributed by atoms with Crippen LogP contribution in [-0.4, -0.2) is 36.5 Å². The summed E-state index contributed by atoms with van der Waals surface area (Å²) in [5.41, 5.74) is 0.878. The number of rotatable bonds is 3. The van der Waals surface area contributed by atoms with Crippen molar-refractivity contribution >= 4 is 5.91 Å². The summed E-state index contributed by atoms with van der Waals surface area (Å²) in [6.45, 7) is 6.43. The largest absolute Gasteiger partial charge is 0.337 e. The van der Waals surface area contributed by atoms with Gasteiger partial charge in [0.1, 0.15) is 5.82 Å². The topological polar surface area (TPSA) is 32.3 Å². The van der Waals surface area contributed by atoms with Crippen LogP contribution in [-0.2, 0) is 11.2 Å². The highest BCUT2D eigenvalue weighted by Gasteiger charge is 2.26. The summed E-state index contributed by atoms with van der Waals surface area (Å²) < 4.78 is 13.1. The van der Waals surface area contributed by atoms with Crippen LogP contribution in [0.2, 0.25) is 0 Å². The molecular formula is C15H21FN2O. The van der Waals surface area contributed by atoms with Gasteiger partial charge in [0, 0.05) is 31.6 Å². The molecular weight excluding hydrogens is 243 g/mol. The molecule has 1 aromatic rings. The predicted octanol–water partition coefficient (Wildman–Crippen LogP) is 1.82. The maximum absolute atomic E-state index is 13.1. The maximum atomic E-state index is 13.1. The highest BCUT2D eigenvalue weighted by Crippen LogP contribution is 2.15. The van der Waals surface area contributed by atoms with Crippen molar-refractivity contribution in [2.45, 2.75) is 26.3 Å². The summed E-state index contributed by atoms with van der Waals surface area (Å²) in [5, 5.41) is 3.27. The fourth-order valence-corrected chi connectivity index (χ4v) is 2.56. The minimum absolute atomic E-state index is 0.109. The monoisotopic (exact) mass is 264 g/mol. The van der Waals surface area contributed by atoms with Crippen LogP contribution in [0.15, 0.2) is 24.3 Å². The van der Waals surface area contributed by atoms with E-state index in [-0.39, 0.29) is 23.7 Å². The molecule has 0 aromatic heterocycles. The predicted molar refractivity (Wildman–Crippen MR) is 73.3 cm³/mol. The number of amides is 1. The SMILES string of the molecule is CC(Cc1cccc(F)c1)C(=O)N1CCNC[C@H]1C. The van der Waals surface area contributed by atoms with Gasteiger partial charge in [-0.1, -0.05) is 19.1 Å². The molecule has 1 aromatic carbocycles. The van der Waals surface area contributed by atoms with Crippen molar-refractivity contribution in [1.82, 2.24) is 10.2 Å². The lowest BCUT2D eigenvalue weighted by Crippen LogP contribution is -2.53. The third kappa shape index (κ3) is 3.53. The molecule has 1 saturated heterocycles. The molecule has 1 fully saturated rings. The molecule has 1 amide bonds. The summed E-state index contributed by atoms with van der Waals surface area (Å²) in [7, 11) is 0. The molecule has 0 radical (unpaired) electrons. The van der Waals surface area contributed by atoms with Gasteiger partial charge in [-0.05, 0) is 31.0 Å². The molecule has 1 aliphatic heterocycles. The Morgan fingerprint density at radius 3 is 3.05 bits per heavy atom. The zero-order valence-electron chi connectivity index (χ0n) is 11.5. The van der Waals surface area contributed by atoms with E-state index in [0.717, 1.165) is 25.2 Å². The Kier molecular flexibility index (Phi) is 4.53. The highest BCUT2D eigenvalue weighted by atomic mass is 19.1. The second-order valence-electron chi connectivity index (χ2n) is 5.32. The van der Waals surface area contributed by atoms with E-state index in [1.54, 1.807) is 6.07 Å². The Hall–Kier alpha value is -1.42. The van der Waals surface area contributed by atoms with Gasteiger partial charge < -0.3 is 10.2 Å². The molecule has 2 rings (SSSR count). The van der Waals surface area contributed by atoms with Gasteiger partial charge >= 0.3 is 0 Å². The van der Waals surface area contributed by atoms with Crippen LogP contribution in [0.4, 0.5) is 4.39 Å². The van der Waals surface area contributed by atoms with Crippen molar-refractivity contribution in [2.75, 3.05) is 19.6 Å². The first-order valence-corrected chi connectivity index (χ1v) is 6.83. The van der Waals surface area contributed by atoms with Gasteiger partial charge in [-0.2, -0.15) is 0 Å². The molecule has 1 unspecified atom stereocenters. The van der Waals surface area contributed by atoms with Crippen molar-refractivity contribution in [3.63, 3.8) is 0 Å². The van der Waals surface area contributed by atoms with Gasteiger partial charge in [0.2, 0.25) is 5.91 Å². The van der Waals surface area contributed by atoms with Gasteiger partial charge in [0.15, 0.2) is 0 Å². The first kappa shape index (κ1) is 14.0. The summed E-state index contributed by atoms with van der Waals surface area (Å²) in [5.74, 6) is -0.187. The lowest BCUT2D eigenvalue weighted by atomic mass is 9.98. The molecule has 19 heavy (non-hydrogen) atoms. The van der Waals surface area contributed by atoms with Crippen LogP contribution in [0.1, 0.15) is 19.4 Å². The van der Waals surface area contributed by atoms with Crippen LogP contribution >= 0.6 is 0 Å². The zero-order valence-corrected chi connectivity index (χ0v) is 11.5. The average molecular weight is 264 g/mol. The third-order valence-corrected chi connectivity index (χ3v) is 3.64. The number of carbonyl (C=O) groups excluding carboxylic acids is 1. The standard InChI is InChI=1S/C15H21FN2O/c1-11(8-13-4-3-5-14(16)9-13)15(19)18-7-6-17-10-12(18)2/h3-5,9,11-12,17H,6-8,10H2,1-2H3/t11?,12-/m1/s1. The molecule has 4 heteroatoms. The van der Waals surface area contributed by atoms with Crippen LogP contribution in [0, 0.1) is 11.7 Å². The summed E-state index contributed by atoms with van der Waals surface area (Å²) >= 11 is 0. The lowest BCUT2D eigenvalue weighted by molar-refractivity contribution is -0.137. The fraction of sp³-hybridized carbons (Fsp3) is 0.533. The smallest absolute Gasteiger partial charge is 0.226 e. The van der Waals surface area contributed by atoms with E-state index in [4.69, 9.17) is 0 Å². The molecule has 2 atom stereocenters. The van der Waals surface area contributed by atoms with Gasteiger partial charge in [0.05, 0.1) is 0 Å². The zero-order chi connectivity index (χ0) is 13.8.